The van der Waals surface area contributed by atoms with Crippen LogP contribution in [0.2, 0.25) is 0 Å². The van der Waals surface area contributed by atoms with Crippen LogP contribution in [0, 0.1) is 20.8 Å². The summed E-state index contributed by atoms with van der Waals surface area (Å²) in [6.07, 6.45) is 0. The Labute approximate surface area is 198 Å². The molecule has 1 aromatic carbocycles. The number of nitrogens with zero attached hydrogens (tertiary/aromatic N) is 4. The number of halogens is 1. The maximum absolute atomic E-state index is 5.32. The second-order valence-corrected chi connectivity index (χ2v) is 8.09. The molecule has 1 fully saturated rings. The van der Waals surface area contributed by atoms with E-state index in [1.54, 1.807) is 0 Å². The van der Waals surface area contributed by atoms with Crippen LogP contribution in [0.25, 0.3) is 0 Å². The summed E-state index contributed by atoms with van der Waals surface area (Å²) in [5, 5.41) is 7.56. The average Bonchev–Trinajstić information content (AvgIpc) is 3.04. The van der Waals surface area contributed by atoms with Crippen LogP contribution in [0.15, 0.2) is 33.8 Å². The maximum Gasteiger partial charge on any atom is 0.194 e. The van der Waals surface area contributed by atoms with Gasteiger partial charge in [-0.2, -0.15) is 0 Å². The lowest BCUT2D eigenvalue weighted by Gasteiger charge is -2.36. The Morgan fingerprint density at radius 1 is 1.20 bits per heavy atom. The normalized spacial score (nSPS) is 16.3. The molecule has 1 aliphatic rings. The van der Waals surface area contributed by atoms with Crippen molar-refractivity contribution in [1.29, 1.82) is 0 Å². The van der Waals surface area contributed by atoms with Crippen molar-refractivity contribution in [2.45, 2.75) is 47.1 Å². The average molecular weight is 525 g/mol. The van der Waals surface area contributed by atoms with E-state index in [-0.39, 0.29) is 29.9 Å². The molecule has 0 bridgehead atoms. The van der Waals surface area contributed by atoms with Gasteiger partial charge in [-0.15, -0.1) is 24.0 Å². The number of aromatic nitrogens is 1. The first kappa shape index (κ1) is 24.7. The number of aliphatic imine (C=N–C) groups is 1. The van der Waals surface area contributed by atoms with E-state index < -0.39 is 0 Å². The predicted octanol–water partition coefficient (Wildman–Crippen LogP) is 4.10. The standard InChI is InChI=1S/C23H35N5O.HI/c1-6-24-23(25-15-18(3)22-19(4)26-29-20(22)5)28-12-10-27(11-13-28)16-21-9-7-8-17(2)14-21;/h7-9,14,18H,6,10-13,15-16H2,1-5H3,(H,24,25);1H. The predicted molar refractivity (Wildman–Crippen MR) is 134 cm³/mol. The third-order valence-corrected chi connectivity index (χ3v) is 5.59. The van der Waals surface area contributed by atoms with Gasteiger partial charge in [-0.3, -0.25) is 9.89 Å². The lowest BCUT2D eigenvalue weighted by atomic mass is 10.00. The van der Waals surface area contributed by atoms with Gasteiger partial charge in [0.25, 0.3) is 0 Å². The van der Waals surface area contributed by atoms with Crippen LogP contribution in [-0.2, 0) is 6.54 Å². The molecule has 1 atom stereocenters. The highest BCUT2D eigenvalue weighted by Gasteiger charge is 2.21. The van der Waals surface area contributed by atoms with Crippen molar-refractivity contribution in [3.05, 3.63) is 52.4 Å². The van der Waals surface area contributed by atoms with E-state index in [0.717, 1.165) is 63.2 Å². The van der Waals surface area contributed by atoms with Gasteiger partial charge >= 0.3 is 0 Å². The Balaban J connectivity index is 0.00000320. The first-order chi connectivity index (χ1) is 14.0. The van der Waals surface area contributed by atoms with Gasteiger partial charge in [-0.25, -0.2) is 0 Å². The third-order valence-electron chi connectivity index (χ3n) is 5.59. The highest BCUT2D eigenvalue weighted by molar-refractivity contribution is 14.0. The summed E-state index contributed by atoms with van der Waals surface area (Å²) in [6, 6.07) is 8.82. The van der Waals surface area contributed by atoms with Crippen molar-refractivity contribution < 1.29 is 4.52 Å². The van der Waals surface area contributed by atoms with Gasteiger partial charge in [0.15, 0.2) is 5.96 Å². The number of aryl methyl sites for hydroxylation is 3. The zero-order chi connectivity index (χ0) is 20.8. The van der Waals surface area contributed by atoms with Gasteiger partial charge < -0.3 is 14.7 Å². The van der Waals surface area contributed by atoms with Gasteiger partial charge in [0, 0.05) is 57.3 Å². The van der Waals surface area contributed by atoms with E-state index in [0.29, 0.717) is 0 Å². The van der Waals surface area contributed by atoms with E-state index in [1.165, 1.54) is 16.7 Å². The van der Waals surface area contributed by atoms with Gasteiger partial charge in [-0.05, 0) is 33.3 Å². The minimum absolute atomic E-state index is 0. The lowest BCUT2D eigenvalue weighted by Crippen LogP contribution is -2.52. The molecule has 1 aromatic heterocycles. The van der Waals surface area contributed by atoms with Crippen molar-refractivity contribution in [3.63, 3.8) is 0 Å². The Morgan fingerprint density at radius 3 is 2.53 bits per heavy atom. The summed E-state index contributed by atoms with van der Waals surface area (Å²) in [5.41, 5.74) is 4.88. The Morgan fingerprint density at radius 2 is 1.93 bits per heavy atom. The molecule has 7 heteroatoms. The number of benzene rings is 1. The maximum atomic E-state index is 5.32. The van der Waals surface area contributed by atoms with Crippen molar-refractivity contribution in [3.8, 4) is 0 Å². The first-order valence-electron chi connectivity index (χ1n) is 10.7. The van der Waals surface area contributed by atoms with E-state index >= 15 is 0 Å². The molecule has 1 unspecified atom stereocenters. The molecule has 1 saturated heterocycles. The fourth-order valence-electron chi connectivity index (χ4n) is 4.12. The molecule has 1 aliphatic heterocycles. The second kappa shape index (κ2) is 11.7. The molecule has 30 heavy (non-hydrogen) atoms. The van der Waals surface area contributed by atoms with E-state index in [9.17, 15) is 0 Å². The molecule has 0 spiro atoms. The number of guanidine groups is 1. The molecule has 1 N–H and O–H groups in total. The van der Waals surface area contributed by atoms with Gasteiger partial charge in [0.1, 0.15) is 5.76 Å². The van der Waals surface area contributed by atoms with Crippen LogP contribution in [0.4, 0.5) is 0 Å². The Kier molecular flexibility index (Phi) is 9.61. The minimum Gasteiger partial charge on any atom is -0.361 e. The van der Waals surface area contributed by atoms with Gasteiger partial charge in [-0.1, -0.05) is 41.9 Å². The molecule has 2 aromatic rings. The second-order valence-electron chi connectivity index (χ2n) is 8.09. The smallest absolute Gasteiger partial charge is 0.194 e. The van der Waals surface area contributed by atoms with Crippen molar-refractivity contribution >= 4 is 29.9 Å². The van der Waals surface area contributed by atoms with Crippen molar-refractivity contribution in [2.24, 2.45) is 4.99 Å². The summed E-state index contributed by atoms with van der Waals surface area (Å²) in [5.74, 6) is 2.21. The summed E-state index contributed by atoms with van der Waals surface area (Å²) < 4.78 is 5.32. The quantitative estimate of drug-likeness (QED) is 0.350. The Bertz CT molecular complexity index is 807. The minimum atomic E-state index is 0. The van der Waals surface area contributed by atoms with Crippen LogP contribution >= 0.6 is 24.0 Å². The first-order valence-corrected chi connectivity index (χ1v) is 10.7. The zero-order valence-electron chi connectivity index (χ0n) is 18.9. The zero-order valence-corrected chi connectivity index (χ0v) is 21.3. The molecule has 0 saturated carbocycles. The van der Waals surface area contributed by atoms with E-state index in [4.69, 9.17) is 9.52 Å². The molecule has 0 amide bonds. The molecule has 2 heterocycles. The van der Waals surface area contributed by atoms with Gasteiger partial charge in [0.05, 0.1) is 5.69 Å². The highest BCUT2D eigenvalue weighted by Crippen LogP contribution is 2.23. The summed E-state index contributed by atoms with van der Waals surface area (Å²) >= 11 is 0. The van der Waals surface area contributed by atoms with Crippen LogP contribution in [0.1, 0.15) is 47.9 Å². The molecule has 6 nitrogen and oxygen atoms in total. The summed E-state index contributed by atoms with van der Waals surface area (Å²) in [7, 11) is 0. The lowest BCUT2D eigenvalue weighted by molar-refractivity contribution is 0.172. The van der Waals surface area contributed by atoms with Crippen LogP contribution < -0.4 is 5.32 Å². The summed E-state index contributed by atoms with van der Waals surface area (Å²) in [4.78, 5) is 9.85. The third kappa shape index (κ3) is 6.44. The van der Waals surface area contributed by atoms with Crippen LogP contribution in [0.5, 0.6) is 0 Å². The fraction of sp³-hybridized carbons (Fsp3) is 0.565. The van der Waals surface area contributed by atoms with Crippen LogP contribution in [-0.4, -0.2) is 60.2 Å². The SMILES string of the molecule is CCNC(=NCC(C)c1c(C)noc1C)N1CCN(Cc2cccc(C)c2)CC1.I. The van der Waals surface area contributed by atoms with Crippen LogP contribution in [0.3, 0.4) is 0 Å². The number of nitrogens with one attached hydrogen (secondary N) is 1. The molecule has 3 rings (SSSR count). The summed E-state index contributed by atoms with van der Waals surface area (Å²) in [6.45, 7) is 17.2. The number of hydrogen-bond acceptors (Lipinski definition) is 4. The molecular formula is C23H36IN5O. The molecular weight excluding hydrogens is 489 g/mol. The van der Waals surface area contributed by atoms with E-state index in [1.807, 2.05) is 13.8 Å². The highest BCUT2D eigenvalue weighted by atomic mass is 127. The largest absolute Gasteiger partial charge is 0.361 e. The van der Waals surface area contributed by atoms with E-state index in [2.05, 4.69) is 65.3 Å². The number of hydrogen-bond donors (Lipinski definition) is 1. The topological polar surface area (TPSA) is 56.9 Å². The number of piperazine rings is 1. The molecule has 0 aliphatic carbocycles. The molecule has 0 radical (unpaired) electrons. The Hall–Kier alpha value is -1.61. The van der Waals surface area contributed by atoms with Gasteiger partial charge in [0.2, 0.25) is 0 Å². The van der Waals surface area contributed by atoms with Crippen molar-refractivity contribution in [1.82, 2.24) is 20.3 Å². The molecule has 166 valence electrons. The van der Waals surface area contributed by atoms with Crippen molar-refractivity contribution in [2.75, 3.05) is 39.3 Å². The monoisotopic (exact) mass is 525 g/mol. The fourth-order valence-corrected chi connectivity index (χ4v) is 4.12. The number of rotatable bonds is 6.